The first-order valence-electron chi connectivity index (χ1n) is 12.7. The molecular weight excluding hydrogens is 514 g/mol. The molecule has 0 fully saturated rings. The number of ketones is 1. The largest absolute Gasteiger partial charge is 0.493 e. The maximum atomic E-state index is 12.9. The number of thioether (sulfide) groups is 1. The van der Waals surface area contributed by atoms with Gasteiger partial charge in [-0.1, -0.05) is 57.2 Å². The van der Waals surface area contributed by atoms with Crippen molar-refractivity contribution >= 4 is 29.4 Å². The minimum Gasteiger partial charge on any atom is -0.493 e. The van der Waals surface area contributed by atoms with Crippen molar-refractivity contribution in [2.24, 2.45) is 0 Å². The van der Waals surface area contributed by atoms with Crippen LogP contribution in [-0.4, -0.2) is 42.7 Å². The van der Waals surface area contributed by atoms with Gasteiger partial charge in [-0.25, -0.2) is 0 Å². The number of carbonyl (C=O) groups is 3. The van der Waals surface area contributed by atoms with Crippen LogP contribution in [-0.2, 0) is 21.7 Å². The van der Waals surface area contributed by atoms with Crippen LogP contribution in [0.15, 0.2) is 66.7 Å². The topological polar surface area (TPSA) is 90.9 Å². The van der Waals surface area contributed by atoms with E-state index in [1.165, 1.54) is 6.92 Å². The van der Waals surface area contributed by atoms with Gasteiger partial charge < -0.3 is 19.5 Å². The Kier molecular flexibility index (Phi) is 10.6. The molecule has 7 nitrogen and oxygen atoms in total. The number of Topliss-reactive ketones (excluding diaryl/α,β-unsaturated/α-hetero) is 1. The van der Waals surface area contributed by atoms with Crippen molar-refractivity contribution in [3.8, 4) is 17.2 Å². The summed E-state index contributed by atoms with van der Waals surface area (Å²) in [5.74, 6) is 1.46. The summed E-state index contributed by atoms with van der Waals surface area (Å²) >= 11 is 1.73. The molecular formula is C31H35NO6S. The molecule has 3 aromatic rings. The highest BCUT2D eigenvalue weighted by atomic mass is 32.2. The molecule has 3 rings (SSSR count). The van der Waals surface area contributed by atoms with E-state index in [9.17, 15) is 14.4 Å². The van der Waals surface area contributed by atoms with Crippen LogP contribution in [0.2, 0.25) is 0 Å². The first-order chi connectivity index (χ1) is 18.6. The summed E-state index contributed by atoms with van der Waals surface area (Å²) in [6.45, 7) is 7.93. The van der Waals surface area contributed by atoms with Crippen molar-refractivity contribution in [2.45, 2.75) is 44.6 Å². The molecule has 39 heavy (non-hydrogen) atoms. The van der Waals surface area contributed by atoms with Crippen molar-refractivity contribution in [2.75, 3.05) is 20.3 Å². The molecule has 0 aliphatic carbocycles. The van der Waals surface area contributed by atoms with Crippen molar-refractivity contribution in [3.05, 3.63) is 89.0 Å². The molecule has 8 heteroatoms. The highest BCUT2D eigenvalue weighted by molar-refractivity contribution is 7.99. The van der Waals surface area contributed by atoms with Crippen LogP contribution < -0.4 is 14.8 Å². The van der Waals surface area contributed by atoms with Crippen LogP contribution in [0.5, 0.6) is 17.2 Å². The van der Waals surface area contributed by atoms with E-state index in [1.54, 1.807) is 61.3 Å². The van der Waals surface area contributed by atoms with Gasteiger partial charge >= 0.3 is 5.97 Å². The predicted molar refractivity (Wildman–Crippen MR) is 154 cm³/mol. The molecule has 0 aliphatic heterocycles. The number of esters is 1. The van der Waals surface area contributed by atoms with Crippen molar-refractivity contribution in [3.63, 3.8) is 0 Å². The summed E-state index contributed by atoms with van der Waals surface area (Å²) in [6.07, 6.45) is 0.535. The summed E-state index contributed by atoms with van der Waals surface area (Å²) in [6, 6.07) is 19.7. The lowest BCUT2D eigenvalue weighted by molar-refractivity contribution is -0.140. The van der Waals surface area contributed by atoms with E-state index in [1.807, 2.05) is 24.3 Å². The monoisotopic (exact) mass is 549 g/mol. The number of amides is 1. The van der Waals surface area contributed by atoms with E-state index in [0.29, 0.717) is 40.5 Å². The van der Waals surface area contributed by atoms with Gasteiger partial charge in [0.25, 0.3) is 5.91 Å². The summed E-state index contributed by atoms with van der Waals surface area (Å²) in [4.78, 5) is 36.5. The highest BCUT2D eigenvalue weighted by Gasteiger charge is 2.18. The summed E-state index contributed by atoms with van der Waals surface area (Å²) < 4.78 is 16.9. The third-order valence-corrected chi connectivity index (χ3v) is 6.95. The smallest absolute Gasteiger partial charge is 0.302 e. The molecule has 0 saturated heterocycles. The second kappa shape index (κ2) is 13.8. The second-order valence-corrected chi connectivity index (χ2v) is 11.7. The van der Waals surface area contributed by atoms with Crippen molar-refractivity contribution in [1.82, 2.24) is 5.32 Å². The summed E-state index contributed by atoms with van der Waals surface area (Å²) in [5, 5.41) is 2.73. The van der Waals surface area contributed by atoms with Crippen LogP contribution in [0.1, 0.15) is 59.5 Å². The molecule has 0 unspecified atom stereocenters. The standard InChI is InChI=1S/C31H35NO6S/c1-21(33)37-16-15-22-11-13-28(36-5)29(17-22)38-27-14-12-24(18-25(27)20-39-31(2,3)4)30(35)32-19-26(34)23-9-7-6-8-10-23/h6-14,17-18H,15-16,19-20H2,1-5H3,(H,32,35). The van der Waals surface area contributed by atoms with E-state index in [-0.39, 0.29) is 35.6 Å². The summed E-state index contributed by atoms with van der Waals surface area (Å²) in [7, 11) is 1.57. The third kappa shape index (κ3) is 9.48. The Hall–Kier alpha value is -3.78. The SMILES string of the molecule is COc1ccc(CCOC(C)=O)cc1Oc1ccc(C(=O)NCC(=O)c2ccccc2)cc1CSC(C)(C)C. The number of ether oxygens (including phenoxy) is 3. The molecule has 0 saturated carbocycles. The maximum absolute atomic E-state index is 12.9. The zero-order valence-corrected chi connectivity index (χ0v) is 23.9. The molecule has 1 amide bonds. The number of methoxy groups -OCH3 is 1. The van der Waals surface area contributed by atoms with Gasteiger partial charge in [-0.3, -0.25) is 14.4 Å². The number of carbonyl (C=O) groups excluding carboxylic acids is 3. The minimum atomic E-state index is -0.335. The van der Waals surface area contributed by atoms with Gasteiger partial charge in [-0.05, 0) is 35.9 Å². The fourth-order valence-corrected chi connectivity index (χ4v) is 4.42. The first kappa shape index (κ1) is 29.8. The van der Waals surface area contributed by atoms with Gasteiger partial charge in [0.1, 0.15) is 5.75 Å². The van der Waals surface area contributed by atoms with Crippen LogP contribution >= 0.6 is 11.8 Å². The van der Waals surface area contributed by atoms with Crippen molar-refractivity contribution < 1.29 is 28.6 Å². The maximum Gasteiger partial charge on any atom is 0.302 e. The predicted octanol–water partition coefficient (Wildman–Crippen LogP) is 6.24. The molecule has 0 atom stereocenters. The van der Waals surface area contributed by atoms with Crippen LogP contribution in [0.4, 0.5) is 0 Å². The number of rotatable bonds is 12. The average molecular weight is 550 g/mol. The summed E-state index contributed by atoms with van der Waals surface area (Å²) in [5.41, 5.74) is 2.75. The zero-order valence-electron chi connectivity index (χ0n) is 23.0. The fourth-order valence-electron chi connectivity index (χ4n) is 3.60. The van der Waals surface area contributed by atoms with E-state index in [0.717, 1.165) is 11.1 Å². The van der Waals surface area contributed by atoms with Gasteiger partial charge in [0.15, 0.2) is 17.3 Å². The average Bonchev–Trinajstić information content (AvgIpc) is 2.91. The lowest BCUT2D eigenvalue weighted by atomic mass is 10.1. The Morgan fingerprint density at radius 3 is 2.26 bits per heavy atom. The quantitative estimate of drug-likeness (QED) is 0.211. The number of hydrogen-bond acceptors (Lipinski definition) is 7. The number of hydrogen-bond donors (Lipinski definition) is 1. The number of benzene rings is 3. The molecule has 0 radical (unpaired) electrons. The Balaban J connectivity index is 1.82. The molecule has 1 N–H and O–H groups in total. The molecule has 206 valence electrons. The molecule has 0 bridgehead atoms. The highest BCUT2D eigenvalue weighted by Crippen LogP contribution is 2.37. The normalized spacial score (nSPS) is 11.0. The lowest BCUT2D eigenvalue weighted by Gasteiger charge is -2.20. The molecule has 3 aromatic carbocycles. The van der Waals surface area contributed by atoms with Crippen LogP contribution in [0.3, 0.4) is 0 Å². The minimum absolute atomic E-state index is 0.00798. The van der Waals surface area contributed by atoms with Gasteiger partial charge in [-0.15, -0.1) is 0 Å². The van der Waals surface area contributed by atoms with E-state index < -0.39 is 0 Å². The van der Waals surface area contributed by atoms with Gasteiger partial charge in [0.05, 0.1) is 20.3 Å². The van der Waals surface area contributed by atoms with E-state index in [2.05, 4.69) is 26.1 Å². The molecule has 0 spiro atoms. The third-order valence-electron chi connectivity index (χ3n) is 5.63. The number of nitrogens with one attached hydrogen (secondary N) is 1. The second-order valence-electron chi connectivity index (χ2n) is 9.87. The lowest BCUT2D eigenvalue weighted by Crippen LogP contribution is -2.29. The Morgan fingerprint density at radius 1 is 0.872 bits per heavy atom. The van der Waals surface area contributed by atoms with Crippen LogP contribution in [0, 0.1) is 0 Å². The van der Waals surface area contributed by atoms with Crippen LogP contribution in [0.25, 0.3) is 0 Å². The van der Waals surface area contributed by atoms with E-state index >= 15 is 0 Å². The van der Waals surface area contributed by atoms with Crippen molar-refractivity contribution in [1.29, 1.82) is 0 Å². The molecule has 0 heterocycles. The van der Waals surface area contributed by atoms with Gasteiger partial charge in [-0.2, -0.15) is 11.8 Å². The molecule has 0 aliphatic rings. The van der Waals surface area contributed by atoms with Gasteiger partial charge in [0, 0.05) is 40.5 Å². The van der Waals surface area contributed by atoms with Gasteiger partial charge in [0.2, 0.25) is 0 Å². The molecule has 0 aromatic heterocycles. The Bertz CT molecular complexity index is 1300. The van der Waals surface area contributed by atoms with E-state index in [4.69, 9.17) is 14.2 Å². The Labute approximate surface area is 234 Å². The fraction of sp³-hybridized carbons (Fsp3) is 0.323. The zero-order chi connectivity index (χ0) is 28.4. The first-order valence-corrected chi connectivity index (χ1v) is 13.7. The Morgan fingerprint density at radius 2 is 1.59 bits per heavy atom.